The Morgan fingerprint density at radius 3 is 2.90 bits per heavy atom. The van der Waals surface area contributed by atoms with Gasteiger partial charge in [-0.2, -0.15) is 0 Å². The largest absolute Gasteiger partial charge is 0.478 e. The van der Waals surface area contributed by atoms with Gasteiger partial charge in [0, 0.05) is 31.4 Å². The van der Waals surface area contributed by atoms with Gasteiger partial charge in [0.1, 0.15) is 0 Å². The third-order valence-electron chi connectivity index (χ3n) is 2.88. The average Bonchev–Trinajstić information content (AvgIpc) is 2.80. The molecule has 1 aliphatic heterocycles. The van der Waals surface area contributed by atoms with Crippen LogP contribution in [0.4, 0.5) is 10.6 Å². The van der Waals surface area contributed by atoms with Crippen LogP contribution in [0.2, 0.25) is 0 Å². The predicted octanol–water partition coefficient (Wildman–Crippen LogP) is -0.126. The lowest BCUT2D eigenvalue weighted by Crippen LogP contribution is -2.49. The standard InChI is InChI=1S/C11H9N5O4/c17-9-1-2-15(11(20)13-9)8-3-7-12-4-6(10(18)19)5-16(7)14-8/h3-5H,1-2H2,(H,18,19)(H,13,17,20). The molecule has 3 amide bonds. The van der Waals surface area contributed by atoms with Crippen molar-refractivity contribution in [2.24, 2.45) is 0 Å². The number of hydrogen-bond donors (Lipinski definition) is 2. The van der Waals surface area contributed by atoms with Crippen molar-refractivity contribution in [2.45, 2.75) is 6.42 Å². The van der Waals surface area contributed by atoms with Crippen LogP contribution in [0.25, 0.3) is 5.65 Å². The molecule has 2 aromatic heterocycles. The first-order chi connectivity index (χ1) is 9.54. The van der Waals surface area contributed by atoms with Crippen molar-refractivity contribution < 1.29 is 19.5 Å². The summed E-state index contributed by atoms with van der Waals surface area (Å²) in [7, 11) is 0. The molecule has 0 radical (unpaired) electrons. The summed E-state index contributed by atoms with van der Waals surface area (Å²) in [4.78, 5) is 38.9. The SMILES string of the molecule is O=C1CCN(c2cc3ncc(C(=O)O)cn3n2)C(=O)N1. The van der Waals surface area contributed by atoms with Crippen molar-refractivity contribution in [1.29, 1.82) is 0 Å². The molecule has 2 aromatic rings. The molecule has 0 atom stereocenters. The Labute approximate surface area is 111 Å². The second-order valence-corrected chi connectivity index (χ2v) is 4.21. The van der Waals surface area contributed by atoms with E-state index >= 15 is 0 Å². The first-order valence-corrected chi connectivity index (χ1v) is 5.74. The van der Waals surface area contributed by atoms with Crippen LogP contribution in [0.15, 0.2) is 18.5 Å². The highest BCUT2D eigenvalue weighted by molar-refractivity contribution is 6.05. The molecule has 2 N–H and O–H groups in total. The van der Waals surface area contributed by atoms with Crippen LogP contribution in [0.1, 0.15) is 16.8 Å². The minimum Gasteiger partial charge on any atom is -0.478 e. The summed E-state index contributed by atoms with van der Waals surface area (Å²) in [5.74, 6) is -1.14. The summed E-state index contributed by atoms with van der Waals surface area (Å²) >= 11 is 0. The van der Waals surface area contributed by atoms with Crippen LogP contribution in [0.3, 0.4) is 0 Å². The summed E-state index contributed by atoms with van der Waals surface area (Å²) in [6.45, 7) is 0.223. The van der Waals surface area contributed by atoms with Crippen molar-refractivity contribution in [1.82, 2.24) is 19.9 Å². The van der Waals surface area contributed by atoms with Gasteiger partial charge in [-0.25, -0.2) is 19.1 Å². The molecule has 0 aromatic carbocycles. The molecule has 102 valence electrons. The molecule has 20 heavy (non-hydrogen) atoms. The van der Waals surface area contributed by atoms with E-state index in [1.165, 1.54) is 21.8 Å². The Morgan fingerprint density at radius 2 is 2.20 bits per heavy atom. The highest BCUT2D eigenvalue weighted by Crippen LogP contribution is 2.17. The number of nitrogens with one attached hydrogen (secondary N) is 1. The highest BCUT2D eigenvalue weighted by Gasteiger charge is 2.26. The van der Waals surface area contributed by atoms with Crippen molar-refractivity contribution in [3.8, 4) is 0 Å². The number of hydrogen-bond acceptors (Lipinski definition) is 5. The maximum absolute atomic E-state index is 11.7. The molecule has 1 saturated heterocycles. The van der Waals surface area contributed by atoms with Crippen molar-refractivity contribution in [2.75, 3.05) is 11.4 Å². The van der Waals surface area contributed by atoms with Crippen LogP contribution < -0.4 is 10.2 Å². The van der Waals surface area contributed by atoms with Gasteiger partial charge in [0.2, 0.25) is 5.91 Å². The van der Waals surface area contributed by atoms with Gasteiger partial charge in [-0.05, 0) is 0 Å². The number of carboxylic acids is 1. The van der Waals surface area contributed by atoms with Gasteiger partial charge in [0.05, 0.1) is 5.56 Å². The predicted molar refractivity (Wildman–Crippen MR) is 65.4 cm³/mol. The Kier molecular flexibility index (Phi) is 2.60. The number of imide groups is 1. The molecule has 0 aliphatic carbocycles. The Hall–Kier alpha value is -2.97. The molecule has 3 rings (SSSR count). The molecule has 1 aliphatic rings. The van der Waals surface area contributed by atoms with E-state index in [1.54, 1.807) is 6.07 Å². The second-order valence-electron chi connectivity index (χ2n) is 4.21. The Morgan fingerprint density at radius 1 is 1.40 bits per heavy atom. The number of amides is 3. The zero-order valence-corrected chi connectivity index (χ0v) is 10.1. The van der Waals surface area contributed by atoms with E-state index in [4.69, 9.17) is 5.11 Å². The fourth-order valence-electron chi connectivity index (χ4n) is 1.89. The van der Waals surface area contributed by atoms with E-state index in [0.29, 0.717) is 11.5 Å². The number of rotatable bonds is 2. The van der Waals surface area contributed by atoms with Crippen molar-refractivity contribution >= 4 is 29.4 Å². The van der Waals surface area contributed by atoms with Crippen LogP contribution in [-0.4, -0.2) is 44.2 Å². The number of aromatic carboxylic acids is 1. The summed E-state index contributed by atoms with van der Waals surface area (Å²) in [6.07, 6.45) is 2.71. The fourth-order valence-corrected chi connectivity index (χ4v) is 1.89. The molecule has 0 unspecified atom stereocenters. The van der Waals surface area contributed by atoms with Gasteiger partial charge >= 0.3 is 12.0 Å². The van der Waals surface area contributed by atoms with Crippen LogP contribution in [0, 0.1) is 0 Å². The first-order valence-electron chi connectivity index (χ1n) is 5.74. The van der Waals surface area contributed by atoms with Crippen LogP contribution in [-0.2, 0) is 4.79 Å². The zero-order valence-electron chi connectivity index (χ0n) is 10.1. The number of urea groups is 1. The van der Waals surface area contributed by atoms with E-state index < -0.39 is 12.0 Å². The maximum Gasteiger partial charge on any atom is 0.338 e. The number of carbonyl (C=O) groups excluding carboxylic acids is 2. The second kappa shape index (κ2) is 4.30. The lowest BCUT2D eigenvalue weighted by Gasteiger charge is -2.23. The van der Waals surface area contributed by atoms with Gasteiger partial charge in [-0.1, -0.05) is 0 Å². The Balaban J connectivity index is 1.98. The molecule has 1 fully saturated rings. The number of carboxylic acid groups (broad SMARTS) is 1. The van der Waals surface area contributed by atoms with Gasteiger partial charge < -0.3 is 5.11 Å². The van der Waals surface area contributed by atoms with Crippen LogP contribution in [0.5, 0.6) is 0 Å². The van der Waals surface area contributed by atoms with Gasteiger partial charge in [-0.3, -0.25) is 15.0 Å². The molecule has 3 heterocycles. The molecule has 0 saturated carbocycles. The van der Waals surface area contributed by atoms with Gasteiger partial charge in [0.15, 0.2) is 11.5 Å². The Bertz CT molecular complexity index is 737. The lowest BCUT2D eigenvalue weighted by atomic mass is 10.3. The molecular formula is C11H9N5O4. The molecule has 0 spiro atoms. The summed E-state index contributed by atoms with van der Waals surface area (Å²) < 4.78 is 1.28. The van der Waals surface area contributed by atoms with Crippen LogP contribution >= 0.6 is 0 Å². The van der Waals surface area contributed by atoms with Gasteiger partial charge in [0.25, 0.3) is 0 Å². The molecular weight excluding hydrogens is 266 g/mol. The third-order valence-corrected chi connectivity index (χ3v) is 2.88. The average molecular weight is 275 g/mol. The minimum atomic E-state index is -1.11. The number of carbonyl (C=O) groups is 3. The zero-order chi connectivity index (χ0) is 14.3. The topological polar surface area (TPSA) is 117 Å². The van der Waals surface area contributed by atoms with E-state index in [9.17, 15) is 14.4 Å². The minimum absolute atomic E-state index is 0.00887. The highest BCUT2D eigenvalue weighted by atomic mass is 16.4. The maximum atomic E-state index is 11.7. The third kappa shape index (κ3) is 1.94. The first kappa shape index (κ1) is 12.1. The lowest BCUT2D eigenvalue weighted by molar-refractivity contribution is -0.120. The van der Waals surface area contributed by atoms with Gasteiger partial charge in [-0.15, -0.1) is 5.10 Å². The van der Waals surface area contributed by atoms with Crippen molar-refractivity contribution in [3.05, 3.63) is 24.0 Å². The van der Waals surface area contributed by atoms with E-state index in [1.807, 2.05) is 0 Å². The summed E-state index contributed by atoms with van der Waals surface area (Å²) in [5, 5.41) is 15.2. The van der Waals surface area contributed by atoms with E-state index in [0.717, 1.165) is 0 Å². The van der Waals surface area contributed by atoms with E-state index in [2.05, 4.69) is 15.4 Å². The summed E-state index contributed by atoms with van der Waals surface area (Å²) in [6, 6.07) is 0.990. The fraction of sp³-hybridized carbons (Fsp3) is 0.182. The number of nitrogens with zero attached hydrogens (tertiary/aromatic N) is 4. The smallest absolute Gasteiger partial charge is 0.338 e. The van der Waals surface area contributed by atoms with E-state index in [-0.39, 0.29) is 24.4 Å². The summed E-state index contributed by atoms with van der Waals surface area (Å²) in [5.41, 5.74) is 0.403. The molecule has 9 heteroatoms. The quantitative estimate of drug-likeness (QED) is 0.788. The number of anilines is 1. The number of fused-ring (bicyclic) bond motifs is 1. The normalized spacial score (nSPS) is 15.5. The molecule has 9 nitrogen and oxygen atoms in total. The molecule has 0 bridgehead atoms. The number of aromatic nitrogens is 3. The monoisotopic (exact) mass is 275 g/mol. The van der Waals surface area contributed by atoms with Crippen molar-refractivity contribution in [3.63, 3.8) is 0 Å².